The third-order valence-electron chi connectivity index (χ3n) is 3.61. The highest BCUT2D eigenvalue weighted by atomic mass is 32.1. The summed E-state index contributed by atoms with van der Waals surface area (Å²) in [6, 6.07) is 11.8. The quantitative estimate of drug-likeness (QED) is 0.723. The number of anilines is 1. The van der Waals surface area contributed by atoms with E-state index < -0.39 is 0 Å². The van der Waals surface area contributed by atoms with Gasteiger partial charge in [0.25, 0.3) is 0 Å². The van der Waals surface area contributed by atoms with E-state index in [4.69, 9.17) is 20.2 Å². The summed E-state index contributed by atoms with van der Waals surface area (Å²) in [5.74, 6) is 1.49. The third kappa shape index (κ3) is 3.00. The summed E-state index contributed by atoms with van der Waals surface area (Å²) in [5.41, 5.74) is 10.6. The van der Waals surface area contributed by atoms with Gasteiger partial charge < -0.3 is 15.2 Å². The predicted molar refractivity (Wildman–Crippen MR) is 95.2 cm³/mol. The van der Waals surface area contributed by atoms with Gasteiger partial charge in [0, 0.05) is 16.5 Å². The van der Waals surface area contributed by atoms with Gasteiger partial charge in [0.05, 0.1) is 25.6 Å². The molecule has 0 bridgehead atoms. The normalized spacial score (nSPS) is 10.6. The van der Waals surface area contributed by atoms with Crippen molar-refractivity contribution in [2.45, 2.75) is 6.92 Å². The highest BCUT2D eigenvalue weighted by molar-refractivity contribution is 7.13. The van der Waals surface area contributed by atoms with Crippen LogP contribution < -0.4 is 15.2 Å². The lowest BCUT2D eigenvalue weighted by Gasteiger charge is -2.07. The zero-order valence-electron chi connectivity index (χ0n) is 13.3. The number of methoxy groups -OCH3 is 2. The van der Waals surface area contributed by atoms with Gasteiger partial charge in [-0.15, -0.1) is 11.3 Å². The molecule has 0 saturated heterocycles. The van der Waals surface area contributed by atoms with Crippen LogP contribution in [-0.2, 0) is 0 Å². The van der Waals surface area contributed by atoms with E-state index in [0.717, 1.165) is 27.6 Å². The maximum atomic E-state index is 5.98. The summed E-state index contributed by atoms with van der Waals surface area (Å²) < 4.78 is 10.6. The van der Waals surface area contributed by atoms with Gasteiger partial charge >= 0.3 is 0 Å². The van der Waals surface area contributed by atoms with Gasteiger partial charge in [-0.1, -0.05) is 11.6 Å². The number of hydrogen-bond acceptors (Lipinski definition) is 5. The van der Waals surface area contributed by atoms with Crippen molar-refractivity contribution in [3.05, 3.63) is 47.3 Å². The van der Waals surface area contributed by atoms with E-state index >= 15 is 0 Å². The van der Waals surface area contributed by atoms with E-state index in [0.29, 0.717) is 11.4 Å². The fourth-order valence-electron chi connectivity index (χ4n) is 2.42. The van der Waals surface area contributed by atoms with Crippen molar-refractivity contribution >= 4 is 17.0 Å². The highest BCUT2D eigenvalue weighted by Crippen LogP contribution is 2.36. The monoisotopic (exact) mass is 326 g/mol. The molecule has 2 N–H and O–H groups in total. The number of thiazole rings is 1. The lowest BCUT2D eigenvalue weighted by atomic mass is 10.1. The Balaban J connectivity index is 2.01. The maximum Gasteiger partial charge on any atom is 0.141 e. The zero-order valence-corrected chi connectivity index (χ0v) is 14.1. The molecule has 0 atom stereocenters. The largest absolute Gasteiger partial charge is 0.496 e. The van der Waals surface area contributed by atoms with Gasteiger partial charge in [0.15, 0.2) is 0 Å². The second-order valence-corrected chi connectivity index (χ2v) is 6.06. The van der Waals surface area contributed by atoms with Crippen molar-refractivity contribution in [1.29, 1.82) is 0 Å². The predicted octanol–water partition coefficient (Wildman–Crippen LogP) is 4.38. The topological polar surface area (TPSA) is 57.4 Å². The fraction of sp³-hybridized carbons (Fsp3) is 0.167. The van der Waals surface area contributed by atoms with Gasteiger partial charge in [-0.05, 0) is 37.3 Å². The number of aryl methyl sites for hydroxylation is 1. The summed E-state index contributed by atoms with van der Waals surface area (Å²) in [6.07, 6.45) is 0. The number of nitrogens with zero attached hydrogens (tertiary/aromatic N) is 1. The molecule has 0 fully saturated rings. The van der Waals surface area contributed by atoms with E-state index in [1.165, 1.54) is 5.56 Å². The molecule has 4 nitrogen and oxygen atoms in total. The van der Waals surface area contributed by atoms with Crippen molar-refractivity contribution < 1.29 is 9.47 Å². The van der Waals surface area contributed by atoms with Gasteiger partial charge in [-0.3, -0.25) is 0 Å². The molecule has 0 unspecified atom stereocenters. The van der Waals surface area contributed by atoms with Crippen LogP contribution >= 0.6 is 11.3 Å². The Morgan fingerprint density at radius 1 is 1.00 bits per heavy atom. The molecular weight excluding hydrogens is 308 g/mol. The van der Waals surface area contributed by atoms with E-state index in [-0.39, 0.29) is 0 Å². The molecule has 5 heteroatoms. The Hall–Kier alpha value is -2.53. The van der Waals surface area contributed by atoms with Crippen molar-refractivity contribution in [1.82, 2.24) is 4.98 Å². The molecule has 0 aliphatic heterocycles. The Morgan fingerprint density at radius 2 is 1.74 bits per heavy atom. The molecule has 0 amide bonds. The highest BCUT2D eigenvalue weighted by Gasteiger charge is 2.12. The molecule has 0 spiro atoms. The number of hydrogen-bond donors (Lipinski definition) is 1. The van der Waals surface area contributed by atoms with Crippen LogP contribution in [-0.4, -0.2) is 19.2 Å². The van der Waals surface area contributed by atoms with E-state index in [1.807, 2.05) is 35.7 Å². The van der Waals surface area contributed by atoms with Gasteiger partial charge in [-0.2, -0.15) is 0 Å². The molecule has 0 radical (unpaired) electrons. The van der Waals surface area contributed by atoms with E-state index in [9.17, 15) is 0 Å². The van der Waals surface area contributed by atoms with Crippen LogP contribution in [0.1, 0.15) is 5.56 Å². The average Bonchev–Trinajstić information content (AvgIpc) is 3.04. The zero-order chi connectivity index (χ0) is 16.4. The van der Waals surface area contributed by atoms with Gasteiger partial charge in [0.1, 0.15) is 16.5 Å². The first-order chi connectivity index (χ1) is 11.1. The fourth-order valence-corrected chi connectivity index (χ4v) is 3.24. The Labute approximate surface area is 139 Å². The number of benzene rings is 2. The molecule has 0 aliphatic carbocycles. The minimum atomic E-state index is 0.606. The minimum Gasteiger partial charge on any atom is -0.496 e. The van der Waals surface area contributed by atoms with Crippen molar-refractivity contribution in [3.8, 4) is 33.3 Å². The summed E-state index contributed by atoms with van der Waals surface area (Å²) >= 11 is 1.58. The molecular formula is C18H18N2O2S. The van der Waals surface area contributed by atoms with Crippen LogP contribution in [0.4, 0.5) is 5.69 Å². The molecule has 0 saturated carbocycles. The lowest BCUT2D eigenvalue weighted by Crippen LogP contribution is -1.92. The number of nitrogen functional groups attached to an aromatic ring is 1. The van der Waals surface area contributed by atoms with Crippen LogP contribution in [0.25, 0.3) is 21.8 Å². The third-order valence-corrected chi connectivity index (χ3v) is 4.50. The molecule has 2 aromatic carbocycles. The van der Waals surface area contributed by atoms with Crippen LogP contribution in [0.2, 0.25) is 0 Å². The standard InChI is InChI=1S/C18H18N2O2S/c1-11-4-6-16(21-2)13(8-11)15-10-23-18(20-15)12-5-7-17(22-3)14(19)9-12/h4-10H,19H2,1-3H3. The second kappa shape index (κ2) is 6.30. The Morgan fingerprint density at radius 3 is 2.43 bits per heavy atom. The SMILES string of the molecule is COc1ccc(-c2nc(-c3cc(C)ccc3OC)cs2)cc1N. The molecule has 1 aromatic heterocycles. The molecule has 3 rings (SSSR count). The summed E-state index contributed by atoms with van der Waals surface area (Å²) in [6.45, 7) is 2.06. The maximum absolute atomic E-state index is 5.98. The van der Waals surface area contributed by atoms with Crippen LogP contribution in [0.15, 0.2) is 41.8 Å². The second-order valence-electron chi connectivity index (χ2n) is 5.20. The van der Waals surface area contributed by atoms with Crippen LogP contribution in [0, 0.1) is 6.92 Å². The number of rotatable bonds is 4. The average molecular weight is 326 g/mol. The first-order valence-electron chi connectivity index (χ1n) is 7.17. The smallest absolute Gasteiger partial charge is 0.141 e. The van der Waals surface area contributed by atoms with Crippen LogP contribution in [0.5, 0.6) is 11.5 Å². The summed E-state index contributed by atoms with van der Waals surface area (Å²) in [5, 5.41) is 2.95. The molecule has 118 valence electrons. The lowest BCUT2D eigenvalue weighted by molar-refractivity contribution is 0.416. The Bertz CT molecular complexity index is 843. The molecule has 1 heterocycles. The van der Waals surface area contributed by atoms with Crippen molar-refractivity contribution in [3.63, 3.8) is 0 Å². The van der Waals surface area contributed by atoms with E-state index in [2.05, 4.69) is 13.0 Å². The van der Waals surface area contributed by atoms with Gasteiger partial charge in [0.2, 0.25) is 0 Å². The van der Waals surface area contributed by atoms with Gasteiger partial charge in [-0.25, -0.2) is 4.98 Å². The van der Waals surface area contributed by atoms with Crippen molar-refractivity contribution in [2.75, 3.05) is 20.0 Å². The first-order valence-corrected chi connectivity index (χ1v) is 8.04. The molecule has 23 heavy (non-hydrogen) atoms. The molecule has 3 aromatic rings. The van der Waals surface area contributed by atoms with Crippen molar-refractivity contribution in [2.24, 2.45) is 0 Å². The first kappa shape index (κ1) is 15.4. The molecule has 0 aliphatic rings. The van der Waals surface area contributed by atoms with E-state index in [1.54, 1.807) is 25.6 Å². The summed E-state index contributed by atoms with van der Waals surface area (Å²) in [4.78, 5) is 4.74. The number of nitrogens with two attached hydrogens (primary N) is 1. The number of aromatic nitrogens is 1. The van der Waals surface area contributed by atoms with Crippen LogP contribution in [0.3, 0.4) is 0 Å². The number of ether oxygens (including phenoxy) is 2. The minimum absolute atomic E-state index is 0.606. The summed E-state index contributed by atoms with van der Waals surface area (Å²) in [7, 11) is 3.28. The Kier molecular flexibility index (Phi) is 4.21.